The van der Waals surface area contributed by atoms with Crippen LogP contribution in [0.15, 0.2) is 0 Å². The third-order valence-corrected chi connectivity index (χ3v) is 2.84. The summed E-state index contributed by atoms with van der Waals surface area (Å²) >= 11 is 0. The van der Waals surface area contributed by atoms with Crippen LogP contribution < -0.4 is 0 Å². The normalized spacial score (nSPS) is 36.2. The number of epoxide rings is 1. The Labute approximate surface area is 74.3 Å². The van der Waals surface area contributed by atoms with E-state index in [2.05, 4.69) is 23.9 Å². The minimum Gasteiger partial charge on any atom is -0.372 e. The molecule has 2 aliphatic rings. The molecule has 70 valence electrons. The van der Waals surface area contributed by atoms with Gasteiger partial charge in [-0.1, -0.05) is 0 Å². The number of nitrogens with zero attached hydrogens (tertiary/aromatic N) is 2. The van der Waals surface area contributed by atoms with Gasteiger partial charge in [0.15, 0.2) is 0 Å². The van der Waals surface area contributed by atoms with Crippen molar-refractivity contribution >= 4 is 0 Å². The Kier molecular flexibility index (Phi) is 2.35. The van der Waals surface area contributed by atoms with Gasteiger partial charge in [0.2, 0.25) is 0 Å². The van der Waals surface area contributed by atoms with Crippen LogP contribution in [0.1, 0.15) is 6.42 Å². The lowest BCUT2D eigenvalue weighted by Crippen LogP contribution is -2.32. The van der Waals surface area contributed by atoms with Crippen molar-refractivity contribution in [1.82, 2.24) is 9.80 Å². The number of hydrogen-bond acceptors (Lipinski definition) is 3. The van der Waals surface area contributed by atoms with E-state index in [1.54, 1.807) is 0 Å². The van der Waals surface area contributed by atoms with Crippen molar-refractivity contribution in [1.29, 1.82) is 0 Å². The zero-order valence-electron chi connectivity index (χ0n) is 7.99. The summed E-state index contributed by atoms with van der Waals surface area (Å²) in [5.41, 5.74) is 0. The zero-order chi connectivity index (χ0) is 8.55. The maximum Gasteiger partial charge on any atom is 0.0936 e. The molecular formula is C9H18N2O. The molecule has 2 saturated heterocycles. The van der Waals surface area contributed by atoms with E-state index >= 15 is 0 Å². The van der Waals surface area contributed by atoms with Gasteiger partial charge in [-0.2, -0.15) is 0 Å². The molecule has 1 unspecified atom stereocenters. The number of ether oxygens (including phenoxy) is 1. The molecule has 0 aromatic carbocycles. The summed E-state index contributed by atoms with van der Waals surface area (Å²) in [6, 6.07) is 0.767. The fourth-order valence-corrected chi connectivity index (χ4v) is 1.86. The highest BCUT2D eigenvalue weighted by atomic mass is 16.6. The SMILES string of the molecule is CN(C)C1CCN(C[C@H]2CO2)C1. The Morgan fingerprint density at radius 3 is 2.75 bits per heavy atom. The Morgan fingerprint density at radius 1 is 1.50 bits per heavy atom. The Morgan fingerprint density at radius 2 is 2.25 bits per heavy atom. The first kappa shape index (κ1) is 8.48. The van der Waals surface area contributed by atoms with E-state index < -0.39 is 0 Å². The third kappa shape index (κ3) is 1.97. The van der Waals surface area contributed by atoms with E-state index in [9.17, 15) is 0 Å². The smallest absolute Gasteiger partial charge is 0.0936 e. The second-order valence-electron chi connectivity index (χ2n) is 4.12. The lowest BCUT2D eigenvalue weighted by atomic mass is 10.2. The zero-order valence-corrected chi connectivity index (χ0v) is 7.99. The Hall–Kier alpha value is -0.120. The van der Waals surface area contributed by atoms with Crippen LogP contribution in [0.3, 0.4) is 0 Å². The average Bonchev–Trinajstić information content (AvgIpc) is 2.66. The molecule has 0 N–H and O–H groups in total. The molecule has 0 spiro atoms. The maximum atomic E-state index is 5.21. The number of likely N-dealkylation sites (N-methyl/N-ethyl adjacent to an activating group) is 1. The molecule has 0 aromatic rings. The van der Waals surface area contributed by atoms with Crippen molar-refractivity contribution in [3.63, 3.8) is 0 Å². The topological polar surface area (TPSA) is 19.0 Å². The minimum atomic E-state index is 0.561. The predicted octanol–water partition coefficient (Wildman–Crippen LogP) is 0.0211. The van der Waals surface area contributed by atoms with Gasteiger partial charge in [-0.15, -0.1) is 0 Å². The summed E-state index contributed by atoms with van der Waals surface area (Å²) in [5.74, 6) is 0. The third-order valence-electron chi connectivity index (χ3n) is 2.84. The summed E-state index contributed by atoms with van der Waals surface area (Å²) in [7, 11) is 4.34. The first-order valence-corrected chi connectivity index (χ1v) is 4.76. The molecule has 0 aliphatic carbocycles. The van der Waals surface area contributed by atoms with Gasteiger partial charge in [-0.25, -0.2) is 0 Å². The van der Waals surface area contributed by atoms with E-state index in [4.69, 9.17) is 4.74 Å². The minimum absolute atomic E-state index is 0.561. The van der Waals surface area contributed by atoms with Gasteiger partial charge < -0.3 is 9.64 Å². The van der Waals surface area contributed by atoms with Crippen molar-refractivity contribution < 1.29 is 4.74 Å². The number of likely N-dealkylation sites (tertiary alicyclic amines) is 1. The largest absolute Gasteiger partial charge is 0.372 e. The van der Waals surface area contributed by atoms with Crippen molar-refractivity contribution in [2.75, 3.05) is 40.3 Å². The van der Waals surface area contributed by atoms with E-state index in [1.165, 1.54) is 19.5 Å². The highest BCUT2D eigenvalue weighted by molar-refractivity contribution is 4.84. The highest BCUT2D eigenvalue weighted by Crippen LogP contribution is 2.17. The molecule has 3 heteroatoms. The molecule has 2 heterocycles. The fraction of sp³-hybridized carbons (Fsp3) is 1.00. The molecule has 0 amide bonds. The van der Waals surface area contributed by atoms with E-state index in [0.717, 1.165) is 19.2 Å². The summed E-state index contributed by atoms with van der Waals surface area (Å²) in [4.78, 5) is 4.84. The van der Waals surface area contributed by atoms with E-state index in [0.29, 0.717) is 6.10 Å². The first-order valence-electron chi connectivity index (χ1n) is 4.76. The summed E-state index contributed by atoms with van der Waals surface area (Å²) in [6.45, 7) is 4.63. The van der Waals surface area contributed by atoms with Gasteiger partial charge in [-0.05, 0) is 27.1 Å². The molecule has 3 nitrogen and oxygen atoms in total. The van der Waals surface area contributed by atoms with Gasteiger partial charge in [0.25, 0.3) is 0 Å². The van der Waals surface area contributed by atoms with Crippen molar-refractivity contribution in [3.05, 3.63) is 0 Å². The van der Waals surface area contributed by atoms with Gasteiger partial charge >= 0.3 is 0 Å². The number of rotatable bonds is 3. The van der Waals surface area contributed by atoms with Crippen molar-refractivity contribution in [2.24, 2.45) is 0 Å². The molecule has 0 bridgehead atoms. The first-order chi connectivity index (χ1) is 5.75. The van der Waals surface area contributed by atoms with Gasteiger partial charge in [0.1, 0.15) is 0 Å². The fourth-order valence-electron chi connectivity index (χ4n) is 1.86. The van der Waals surface area contributed by atoms with Crippen LogP contribution in [0.5, 0.6) is 0 Å². The van der Waals surface area contributed by atoms with Crippen LogP contribution in [-0.4, -0.2) is 62.3 Å². The summed E-state index contributed by atoms with van der Waals surface area (Å²) < 4.78 is 5.21. The molecule has 0 radical (unpaired) electrons. The molecule has 0 saturated carbocycles. The van der Waals surface area contributed by atoms with Crippen LogP contribution >= 0.6 is 0 Å². The van der Waals surface area contributed by atoms with Crippen molar-refractivity contribution in [3.8, 4) is 0 Å². The van der Waals surface area contributed by atoms with Crippen LogP contribution in [0, 0.1) is 0 Å². The molecule has 12 heavy (non-hydrogen) atoms. The second kappa shape index (κ2) is 3.32. The molecule has 2 atom stereocenters. The Bertz CT molecular complexity index is 157. The molecule has 2 aliphatic heterocycles. The second-order valence-corrected chi connectivity index (χ2v) is 4.12. The van der Waals surface area contributed by atoms with E-state index in [-0.39, 0.29) is 0 Å². The van der Waals surface area contributed by atoms with Gasteiger partial charge in [0.05, 0.1) is 12.7 Å². The van der Waals surface area contributed by atoms with Gasteiger partial charge in [-0.3, -0.25) is 4.90 Å². The van der Waals surface area contributed by atoms with Crippen LogP contribution in [-0.2, 0) is 4.74 Å². The maximum absolute atomic E-state index is 5.21. The Balaban J connectivity index is 1.73. The standard InChI is InChI=1S/C9H18N2O/c1-10(2)8-3-4-11(5-8)6-9-7-12-9/h8-9H,3-7H2,1-2H3/t8?,9-/m0/s1. The van der Waals surface area contributed by atoms with Crippen LogP contribution in [0.25, 0.3) is 0 Å². The highest BCUT2D eigenvalue weighted by Gasteiger charge is 2.30. The molecule has 2 fully saturated rings. The van der Waals surface area contributed by atoms with Crippen LogP contribution in [0.2, 0.25) is 0 Å². The lowest BCUT2D eigenvalue weighted by molar-refractivity contribution is 0.250. The molecular weight excluding hydrogens is 152 g/mol. The average molecular weight is 170 g/mol. The summed E-state index contributed by atoms with van der Waals surface area (Å²) in [6.07, 6.45) is 1.88. The van der Waals surface area contributed by atoms with Gasteiger partial charge in [0, 0.05) is 19.1 Å². The summed E-state index contributed by atoms with van der Waals surface area (Å²) in [5, 5.41) is 0. The molecule has 2 rings (SSSR count). The number of hydrogen-bond donors (Lipinski definition) is 0. The lowest BCUT2D eigenvalue weighted by Gasteiger charge is -2.19. The predicted molar refractivity (Wildman–Crippen MR) is 48.3 cm³/mol. The monoisotopic (exact) mass is 170 g/mol. The molecule has 0 aromatic heterocycles. The van der Waals surface area contributed by atoms with Crippen LogP contribution in [0.4, 0.5) is 0 Å². The van der Waals surface area contributed by atoms with Crippen molar-refractivity contribution in [2.45, 2.75) is 18.6 Å². The van der Waals surface area contributed by atoms with E-state index in [1.807, 2.05) is 0 Å². The quantitative estimate of drug-likeness (QED) is 0.557.